The van der Waals surface area contributed by atoms with Gasteiger partial charge in [0.1, 0.15) is 10.7 Å². The van der Waals surface area contributed by atoms with E-state index in [0.717, 1.165) is 23.4 Å². The van der Waals surface area contributed by atoms with Gasteiger partial charge in [-0.25, -0.2) is 4.98 Å². The maximum absolute atomic E-state index is 12.9. The van der Waals surface area contributed by atoms with Crippen molar-refractivity contribution in [2.75, 3.05) is 0 Å². The first-order valence-electron chi connectivity index (χ1n) is 8.10. The molecule has 1 saturated carbocycles. The Morgan fingerprint density at radius 3 is 2.52 bits per heavy atom. The summed E-state index contributed by atoms with van der Waals surface area (Å²) in [5.74, 6) is 0.0587. The lowest BCUT2D eigenvalue weighted by atomic mass is 10.1. The lowest BCUT2D eigenvalue weighted by Crippen LogP contribution is -2.43. The molecule has 122 valence electrons. The van der Waals surface area contributed by atoms with Gasteiger partial charge in [-0.15, -0.1) is 11.3 Å². The Kier molecular flexibility index (Phi) is 5.02. The Bertz CT molecular complexity index is 675. The Labute approximate surface area is 146 Å². The van der Waals surface area contributed by atoms with Crippen molar-refractivity contribution in [2.24, 2.45) is 0 Å². The second kappa shape index (κ2) is 7.02. The molecule has 0 unspecified atom stereocenters. The zero-order valence-electron chi connectivity index (χ0n) is 13.5. The fourth-order valence-electron chi connectivity index (χ4n) is 3.23. The van der Waals surface area contributed by atoms with E-state index in [-0.39, 0.29) is 11.9 Å². The van der Waals surface area contributed by atoms with Gasteiger partial charge in [-0.3, -0.25) is 4.79 Å². The molecule has 0 atom stereocenters. The van der Waals surface area contributed by atoms with Crippen LogP contribution < -0.4 is 0 Å². The molecule has 0 aliphatic heterocycles. The molecule has 1 fully saturated rings. The van der Waals surface area contributed by atoms with Crippen LogP contribution in [0.25, 0.3) is 10.6 Å². The van der Waals surface area contributed by atoms with Crippen molar-refractivity contribution in [3.63, 3.8) is 0 Å². The number of benzene rings is 1. The molecule has 5 heteroatoms. The van der Waals surface area contributed by atoms with E-state index in [0.29, 0.717) is 16.8 Å². The van der Waals surface area contributed by atoms with Gasteiger partial charge in [-0.05, 0) is 38.8 Å². The van der Waals surface area contributed by atoms with Crippen LogP contribution in [0.3, 0.4) is 0 Å². The number of rotatable bonds is 4. The Balaban J connectivity index is 1.83. The van der Waals surface area contributed by atoms with Crippen LogP contribution >= 0.6 is 22.9 Å². The molecule has 0 radical (unpaired) electrons. The van der Waals surface area contributed by atoms with E-state index < -0.39 is 0 Å². The monoisotopic (exact) mass is 348 g/mol. The molecular formula is C18H21ClN2OS. The highest BCUT2D eigenvalue weighted by atomic mass is 35.5. The number of nitrogens with zero attached hydrogens (tertiary/aromatic N) is 2. The summed E-state index contributed by atoms with van der Waals surface area (Å²) < 4.78 is 0. The summed E-state index contributed by atoms with van der Waals surface area (Å²) in [6, 6.07) is 8.13. The van der Waals surface area contributed by atoms with Crippen molar-refractivity contribution < 1.29 is 4.79 Å². The maximum Gasteiger partial charge on any atom is 0.273 e. The van der Waals surface area contributed by atoms with E-state index in [1.165, 1.54) is 24.2 Å². The minimum absolute atomic E-state index is 0.0587. The second-order valence-electron chi connectivity index (χ2n) is 6.29. The zero-order valence-corrected chi connectivity index (χ0v) is 15.0. The standard InChI is InChI=1S/C18H21ClN2OS/c1-12(2)21(15-5-3-4-6-15)18(22)16-11-23-17(20-16)13-7-9-14(19)10-8-13/h7-12,15H,3-6H2,1-2H3. The molecule has 1 amide bonds. The van der Waals surface area contributed by atoms with Gasteiger partial charge in [0.05, 0.1) is 0 Å². The van der Waals surface area contributed by atoms with E-state index in [9.17, 15) is 4.79 Å². The first-order valence-corrected chi connectivity index (χ1v) is 9.36. The van der Waals surface area contributed by atoms with Crippen LogP contribution in [-0.4, -0.2) is 27.9 Å². The van der Waals surface area contributed by atoms with Gasteiger partial charge in [0, 0.05) is 28.0 Å². The summed E-state index contributed by atoms with van der Waals surface area (Å²) in [5.41, 5.74) is 1.55. The van der Waals surface area contributed by atoms with E-state index >= 15 is 0 Å². The number of hydrogen-bond acceptors (Lipinski definition) is 3. The first-order chi connectivity index (χ1) is 11.1. The van der Waals surface area contributed by atoms with E-state index in [1.54, 1.807) is 0 Å². The van der Waals surface area contributed by atoms with Crippen molar-refractivity contribution >= 4 is 28.8 Å². The third-order valence-corrected chi connectivity index (χ3v) is 5.47. The molecule has 0 N–H and O–H groups in total. The smallest absolute Gasteiger partial charge is 0.273 e. The normalized spacial score (nSPS) is 15.3. The van der Waals surface area contributed by atoms with Crippen LogP contribution in [0.2, 0.25) is 5.02 Å². The van der Waals surface area contributed by atoms with E-state index in [4.69, 9.17) is 11.6 Å². The fourth-order valence-corrected chi connectivity index (χ4v) is 4.16. The number of aromatic nitrogens is 1. The van der Waals surface area contributed by atoms with Crippen molar-refractivity contribution in [3.05, 3.63) is 40.4 Å². The van der Waals surface area contributed by atoms with Crippen LogP contribution in [0.15, 0.2) is 29.6 Å². The number of thiazole rings is 1. The third kappa shape index (κ3) is 3.59. The summed E-state index contributed by atoms with van der Waals surface area (Å²) in [7, 11) is 0. The summed E-state index contributed by atoms with van der Waals surface area (Å²) >= 11 is 7.43. The molecule has 1 aromatic carbocycles. The van der Waals surface area contributed by atoms with Gasteiger partial charge in [-0.1, -0.05) is 36.6 Å². The molecular weight excluding hydrogens is 328 g/mol. The molecule has 3 nitrogen and oxygen atoms in total. The molecule has 1 heterocycles. The molecule has 1 aromatic heterocycles. The summed E-state index contributed by atoms with van der Waals surface area (Å²) in [6.07, 6.45) is 4.65. The first kappa shape index (κ1) is 16.5. The number of halogens is 1. The van der Waals surface area contributed by atoms with Crippen molar-refractivity contribution in [1.29, 1.82) is 0 Å². The Hall–Kier alpha value is -1.39. The van der Waals surface area contributed by atoms with Gasteiger partial charge in [-0.2, -0.15) is 0 Å². The fraction of sp³-hybridized carbons (Fsp3) is 0.444. The highest BCUT2D eigenvalue weighted by Crippen LogP contribution is 2.29. The van der Waals surface area contributed by atoms with Crippen molar-refractivity contribution in [1.82, 2.24) is 9.88 Å². The summed E-state index contributed by atoms with van der Waals surface area (Å²) in [6.45, 7) is 4.17. The number of carbonyl (C=O) groups excluding carboxylic acids is 1. The minimum atomic E-state index is 0.0587. The van der Waals surface area contributed by atoms with Crippen LogP contribution in [-0.2, 0) is 0 Å². The van der Waals surface area contributed by atoms with Gasteiger partial charge >= 0.3 is 0 Å². The number of carbonyl (C=O) groups is 1. The number of amides is 1. The third-order valence-electron chi connectivity index (χ3n) is 4.32. The van der Waals surface area contributed by atoms with Crippen LogP contribution in [0.4, 0.5) is 0 Å². The predicted molar refractivity (Wildman–Crippen MR) is 96.1 cm³/mol. The van der Waals surface area contributed by atoms with Crippen LogP contribution in [0.1, 0.15) is 50.0 Å². The van der Waals surface area contributed by atoms with E-state index in [1.807, 2.05) is 34.5 Å². The Morgan fingerprint density at radius 2 is 1.91 bits per heavy atom. The zero-order chi connectivity index (χ0) is 16.4. The summed E-state index contributed by atoms with van der Waals surface area (Å²) in [5, 5.41) is 3.44. The second-order valence-corrected chi connectivity index (χ2v) is 7.58. The van der Waals surface area contributed by atoms with Crippen LogP contribution in [0, 0.1) is 0 Å². The number of hydrogen-bond donors (Lipinski definition) is 0. The molecule has 2 aromatic rings. The molecule has 23 heavy (non-hydrogen) atoms. The lowest BCUT2D eigenvalue weighted by Gasteiger charge is -2.32. The molecule has 0 saturated heterocycles. The molecule has 1 aliphatic carbocycles. The molecule has 1 aliphatic rings. The quantitative estimate of drug-likeness (QED) is 0.755. The average molecular weight is 349 g/mol. The molecule has 3 rings (SSSR count). The van der Waals surface area contributed by atoms with Gasteiger partial charge in [0.2, 0.25) is 0 Å². The Morgan fingerprint density at radius 1 is 1.26 bits per heavy atom. The lowest BCUT2D eigenvalue weighted by molar-refractivity contribution is 0.0608. The van der Waals surface area contributed by atoms with Gasteiger partial charge in [0.15, 0.2) is 0 Å². The van der Waals surface area contributed by atoms with Gasteiger partial charge < -0.3 is 4.90 Å². The molecule has 0 bridgehead atoms. The topological polar surface area (TPSA) is 33.2 Å². The predicted octanol–water partition coefficient (Wildman–Crippen LogP) is 5.26. The van der Waals surface area contributed by atoms with Crippen molar-refractivity contribution in [2.45, 2.75) is 51.6 Å². The highest BCUT2D eigenvalue weighted by Gasteiger charge is 2.30. The van der Waals surface area contributed by atoms with Crippen molar-refractivity contribution in [3.8, 4) is 10.6 Å². The van der Waals surface area contributed by atoms with E-state index in [2.05, 4.69) is 18.8 Å². The van der Waals surface area contributed by atoms with Crippen LogP contribution in [0.5, 0.6) is 0 Å². The molecule has 0 spiro atoms. The highest BCUT2D eigenvalue weighted by molar-refractivity contribution is 7.13. The summed E-state index contributed by atoms with van der Waals surface area (Å²) in [4.78, 5) is 19.5. The van der Waals surface area contributed by atoms with Gasteiger partial charge in [0.25, 0.3) is 5.91 Å². The maximum atomic E-state index is 12.9. The largest absolute Gasteiger partial charge is 0.332 e. The minimum Gasteiger partial charge on any atom is -0.332 e. The SMILES string of the molecule is CC(C)N(C(=O)c1csc(-c2ccc(Cl)cc2)n1)C1CCCC1. The average Bonchev–Trinajstić information content (AvgIpc) is 3.19.